The minimum Gasteiger partial charge on any atom is -0.364 e. The van der Waals surface area contributed by atoms with Crippen LogP contribution in [0.4, 0.5) is 0 Å². The van der Waals surface area contributed by atoms with Gasteiger partial charge in [0.2, 0.25) is 0 Å². The van der Waals surface area contributed by atoms with Gasteiger partial charge in [0.05, 0.1) is 17.9 Å². The first-order valence-electron chi connectivity index (χ1n) is 4.65. The average molecular weight is 265 g/mol. The second-order valence-electron chi connectivity index (χ2n) is 3.11. The molecule has 2 rings (SSSR count). The molecule has 92 valence electrons. The Balaban J connectivity index is 2.10. The van der Waals surface area contributed by atoms with Crippen LogP contribution in [-0.4, -0.2) is 26.0 Å². The van der Waals surface area contributed by atoms with Crippen molar-refractivity contribution in [3.8, 4) is 0 Å². The van der Waals surface area contributed by atoms with Gasteiger partial charge in [-0.2, -0.15) is 13.8 Å². The number of nitrogens with two attached hydrogens (primary N) is 1. The van der Waals surface area contributed by atoms with Gasteiger partial charge in [-0.25, -0.2) is 10.1 Å². The van der Waals surface area contributed by atoms with Crippen molar-refractivity contribution in [2.24, 2.45) is 15.9 Å². The van der Waals surface area contributed by atoms with Gasteiger partial charge in [0.15, 0.2) is 5.03 Å². The van der Waals surface area contributed by atoms with E-state index in [1.165, 1.54) is 6.21 Å². The normalized spacial score (nSPS) is 12.1. The van der Waals surface area contributed by atoms with Crippen LogP contribution >= 0.6 is 11.7 Å². The molecule has 2 aromatic rings. The molecule has 0 fully saturated rings. The third-order valence-corrected chi connectivity index (χ3v) is 2.41. The third kappa shape index (κ3) is 2.95. The van der Waals surface area contributed by atoms with E-state index in [9.17, 15) is 10.1 Å². The van der Waals surface area contributed by atoms with E-state index in [4.69, 9.17) is 5.73 Å². The first-order chi connectivity index (χ1) is 8.65. The van der Waals surface area contributed by atoms with Crippen LogP contribution in [0.25, 0.3) is 11.0 Å². The zero-order chi connectivity index (χ0) is 13.0. The number of nitro groups is 1. The highest BCUT2D eigenvalue weighted by atomic mass is 32.1. The summed E-state index contributed by atoms with van der Waals surface area (Å²) in [6.45, 7) is 0. The Labute approximate surface area is 104 Å². The van der Waals surface area contributed by atoms with Crippen molar-refractivity contribution in [2.45, 2.75) is 0 Å². The zero-order valence-electron chi connectivity index (χ0n) is 8.85. The largest absolute Gasteiger partial charge is 0.364 e. The highest BCUT2D eigenvalue weighted by Crippen LogP contribution is 2.12. The van der Waals surface area contributed by atoms with Crippen LogP contribution in [0, 0.1) is 10.1 Å². The van der Waals surface area contributed by atoms with Gasteiger partial charge in [0.1, 0.15) is 11.0 Å². The molecule has 3 N–H and O–H groups in total. The molecule has 0 aliphatic rings. The van der Waals surface area contributed by atoms with E-state index in [0.29, 0.717) is 0 Å². The predicted octanol–water partition coefficient (Wildman–Crippen LogP) is 0.121. The van der Waals surface area contributed by atoms with E-state index in [1.807, 2.05) is 0 Å². The number of nitrogens with one attached hydrogen (secondary N) is 1. The standard InChI is InChI=1S/C8H7N7O2S/c9-8(12-15(16)17)11-10-4-5-1-2-6-7(3-5)14-18-13-6/h1-4H,(H3,9,11,12)/b10-4-. The van der Waals surface area contributed by atoms with Crippen LogP contribution in [0.15, 0.2) is 28.4 Å². The number of aromatic nitrogens is 2. The van der Waals surface area contributed by atoms with Gasteiger partial charge >= 0.3 is 0 Å². The molecule has 9 nitrogen and oxygen atoms in total. The summed E-state index contributed by atoms with van der Waals surface area (Å²) in [4.78, 5) is 10.0. The molecule has 1 heterocycles. The van der Waals surface area contributed by atoms with Gasteiger partial charge in [0, 0.05) is 0 Å². The molecule has 0 unspecified atom stereocenters. The van der Waals surface area contributed by atoms with Crippen molar-refractivity contribution in [3.63, 3.8) is 0 Å². The smallest absolute Gasteiger partial charge is 0.275 e. The molecule has 1 aromatic carbocycles. The Morgan fingerprint density at radius 3 is 3.06 bits per heavy atom. The van der Waals surface area contributed by atoms with E-state index in [0.717, 1.165) is 28.3 Å². The minimum atomic E-state index is -0.818. The van der Waals surface area contributed by atoms with E-state index in [2.05, 4.69) is 18.9 Å². The Hall–Kier alpha value is -2.62. The average Bonchev–Trinajstić information content (AvgIpc) is 2.75. The third-order valence-electron chi connectivity index (χ3n) is 1.86. The highest BCUT2D eigenvalue weighted by Gasteiger charge is 1.99. The zero-order valence-corrected chi connectivity index (χ0v) is 9.66. The second-order valence-corrected chi connectivity index (χ2v) is 3.64. The molecule has 0 amide bonds. The van der Waals surface area contributed by atoms with Crippen LogP contribution < -0.4 is 11.2 Å². The minimum absolute atomic E-state index is 0.396. The molecule has 0 saturated carbocycles. The molecule has 0 bridgehead atoms. The Bertz CT molecular complexity index is 635. The Morgan fingerprint density at radius 2 is 2.28 bits per heavy atom. The molecule has 0 aliphatic heterocycles. The number of rotatable bonds is 3. The summed E-state index contributed by atoms with van der Waals surface area (Å²) in [5.74, 6) is -0.396. The summed E-state index contributed by atoms with van der Waals surface area (Å²) in [6, 6.07) is 5.34. The monoisotopic (exact) mass is 265 g/mol. The van der Waals surface area contributed by atoms with Crippen molar-refractivity contribution < 1.29 is 5.03 Å². The van der Waals surface area contributed by atoms with E-state index >= 15 is 0 Å². The van der Waals surface area contributed by atoms with Crippen LogP contribution in [0.5, 0.6) is 0 Å². The molecule has 0 radical (unpaired) electrons. The molecule has 0 aliphatic carbocycles. The molecular formula is C8H7N7O2S. The second kappa shape index (κ2) is 5.14. The summed E-state index contributed by atoms with van der Waals surface area (Å²) in [5, 5.41) is 16.2. The molecule has 0 spiro atoms. The van der Waals surface area contributed by atoms with Gasteiger partial charge in [-0.1, -0.05) is 11.5 Å². The van der Waals surface area contributed by atoms with Crippen molar-refractivity contribution >= 4 is 34.9 Å². The molecule has 0 atom stereocenters. The van der Waals surface area contributed by atoms with Crippen molar-refractivity contribution in [1.82, 2.24) is 14.2 Å². The fraction of sp³-hybridized carbons (Fsp3) is 0. The number of hydrazine groups is 1. The van der Waals surface area contributed by atoms with Crippen molar-refractivity contribution in [1.29, 1.82) is 0 Å². The summed E-state index contributed by atoms with van der Waals surface area (Å²) < 4.78 is 8.12. The molecule has 18 heavy (non-hydrogen) atoms. The Morgan fingerprint density at radius 1 is 1.50 bits per heavy atom. The topological polar surface area (TPSA) is 132 Å². The van der Waals surface area contributed by atoms with Crippen molar-refractivity contribution in [3.05, 3.63) is 33.9 Å². The van der Waals surface area contributed by atoms with Crippen LogP contribution in [0.3, 0.4) is 0 Å². The first kappa shape index (κ1) is 11.9. The number of guanidine groups is 1. The summed E-state index contributed by atoms with van der Waals surface area (Å²) >= 11 is 1.12. The van der Waals surface area contributed by atoms with Gasteiger partial charge in [0.25, 0.3) is 5.96 Å². The number of fused-ring (bicyclic) bond motifs is 1. The van der Waals surface area contributed by atoms with E-state index in [1.54, 1.807) is 23.6 Å². The lowest BCUT2D eigenvalue weighted by Crippen LogP contribution is -2.35. The number of hydrogen-bond acceptors (Lipinski definition) is 7. The number of benzene rings is 1. The van der Waals surface area contributed by atoms with Gasteiger partial charge < -0.3 is 5.73 Å². The quantitative estimate of drug-likeness (QED) is 0.350. The van der Waals surface area contributed by atoms with Crippen LogP contribution in [0.1, 0.15) is 5.56 Å². The van der Waals surface area contributed by atoms with Gasteiger partial charge in [-0.15, -0.1) is 5.10 Å². The maximum Gasteiger partial charge on any atom is 0.275 e. The molecule has 1 aromatic heterocycles. The molecule has 0 saturated heterocycles. The fourth-order valence-electron chi connectivity index (χ4n) is 1.15. The Kier molecular flexibility index (Phi) is 3.38. The predicted molar refractivity (Wildman–Crippen MR) is 66.8 cm³/mol. The van der Waals surface area contributed by atoms with Crippen LogP contribution in [-0.2, 0) is 0 Å². The lowest BCUT2D eigenvalue weighted by atomic mass is 10.2. The molecular weight excluding hydrogens is 258 g/mol. The fourth-order valence-corrected chi connectivity index (χ4v) is 1.67. The number of nitrogens with zero attached hydrogens (tertiary/aromatic N) is 5. The molecule has 10 heteroatoms. The lowest BCUT2D eigenvalue weighted by Gasteiger charge is -1.92. The van der Waals surface area contributed by atoms with Gasteiger partial charge in [-0.3, -0.25) is 0 Å². The van der Waals surface area contributed by atoms with Crippen LogP contribution in [0.2, 0.25) is 0 Å². The maximum atomic E-state index is 10.0. The SMILES string of the molecule is NC(=N/N=C\c1ccc2nsnc2c1)N[N+](=O)[O-]. The summed E-state index contributed by atoms with van der Waals surface area (Å²) in [5.41, 5.74) is 9.14. The maximum absolute atomic E-state index is 10.0. The van der Waals surface area contributed by atoms with E-state index in [-0.39, 0.29) is 0 Å². The first-order valence-corrected chi connectivity index (χ1v) is 5.38. The lowest BCUT2D eigenvalue weighted by molar-refractivity contribution is -0.525. The van der Waals surface area contributed by atoms with Crippen molar-refractivity contribution in [2.75, 3.05) is 0 Å². The van der Waals surface area contributed by atoms with Gasteiger partial charge in [-0.05, 0) is 17.7 Å². The number of hydrogen-bond donors (Lipinski definition) is 2. The summed E-state index contributed by atoms with van der Waals surface area (Å²) in [7, 11) is 0. The van der Waals surface area contributed by atoms with E-state index < -0.39 is 11.0 Å². The highest BCUT2D eigenvalue weighted by molar-refractivity contribution is 7.00. The summed E-state index contributed by atoms with van der Waals surface area (Å²) in [6.07, 6.45) is 1.41.